The van der Waals surface area contributed by atoms with E-state index in [1.165, 1.54) is 19.2 Å². The Labute approximate surface area is 216 Å². The zero-order valence-electron chi connectivity index (χ0n) is 21.6. The molecule has 0 aliphatic rings. The summed E-state index contributed by atoms with van der Waals surface area (Å²) >= 11 is 0. The Bertz CT molecular complexity index is 1080. The Morgan fingerprint density at radius 1 is 1.05 bits per heavy atom. The van der Waals surface area contributed by atoms with Crippen molar-refractivity contribution in [3.05, 3.63) is 53.6 Å². The smallest absolute Gasteiger partial charge is 0.408 e. The number of nitrogens with one attached hydrogen (secondary N) is 2. The largest absolute Gasteiger partial charge is 0.508 e. The van der Waals surface area contributed by atoms with Gasteiger partial charge in [-0.15, -0.1) is 0 Å². The molecule has 0 saturated heterocycles. The molecule has 0 aromatic heterocycles. The summed E-state index contributed by atoms with van der Waals surface area (Å²) in [5.74, 6) is -0.855. The molecule has 0 bridgehead atoms. The van der Waals surface area contributed by atoms with E-state index >= 15 is 0 Å². The van der Waals surface area contributed by atoms with Gasteiger partial charge in [0.05, 0.1) is 20.3 Å². The van der Waals surface area contributed by atoms with Crippen molar-refractivity contribution in [2.45, 2.75) is 45.4 Å². The number of carbonyl (C=O) groups is 3. The number of aromatic hydroxyl groups is 1. The molecule has 2 unspecified atom stereocenters. The number of ether oxygens (including phenoxy) is 2. The van der Waals surface area contributed by atoms with Gasteiger partial charge in [0.1, 0.15) is 29.2 Å². The molecule has 202 valence electrons. The Balaban J connectivity index is 2.45. The van der Waals surface area contributed by atoms with Crippen LogP contribution in [0.2, 0.25) is 0 Å². The Hall–Kier alpha value is -3.83. The number of aryl methyl sites for hydroxylation is 1. The minimum Gasteiger partial charge on any atom is -0.508 e. The number of amides is 3. The highest BCUT2D eigenvalue weighted by molar-refractivity contribution is 5.99. The lowest BCUT2D eigenvalue weighted by molar-refractivity contribution is -0.142. The lowest BCUT2D eigenvalue weighted by Gasteiger charge is -2.33. The van der Waals surface area contributed by atoms with Gasteiger partial charge in [-0.1, -0.05) is 6.07 Å². The maximum atomic E-state index is 13.6. The van der Waals surface area contributed by atoms with Gasteiger partial charge in [-0.05, 0) is 75.2 Å². The van der Waals surface area contributed by atoms with Crippen LogP contribution in [0.25, 0.3) is 0 Å². The predicted octanol–water partition coefficient (Wildman–Crippen LogP) is 2.10. The van der Waals surface area contributed by atoms with Crippen LogP contribution in [0.15, 0.2) is 42.5 Å². The highest BCUT2D eigenvalue weighted by Gasteiger charge is 2.36. The van der Waals surface area contributed by atoms with Gasteiger partial charge in [0.15, 0.2) is 0 Å². The van der Waals surface area contributed by atoms with Crippen LogP contribution in [0, 0.1) is 6.92 Å². The lowest BCUT2D eigenvalue weighted by Crippen LogP contribution is -2.54. The second kappa shape index (κ2) is 12.9. The summed E-state index contributed by atoms with van der Waals surface area (Å²) in [6.45, 7) is 5.01. The van der Waals surface area contributed by atoms with Crippen molar-refractivity contribution in [1.29, 1.82) is 0 Å². The van der Waals surface area contributed by atoms with E-state index in [9.17, 15) is 29.7 Å². The van der Waals surface area contributed by atoms with Gasteiger partial charge in [-0.25, -0.2) is 4.79 Å². The summed E-state index contributed by atoms with van der Waals surface area (Å²) < 4.78 is 10.3. The van der Waals surface area contributed by atoms with Crippen LogP contribution in [0.5, 0.6) is 11.5 Å². The fraction of sp³-hybridized carbons (Fsp3) is 0.423. The van der Waals surface area contributed by atoms with Crippen molar-refractivity contribution in [2.75, 3.05) is 32.2 Å². The number of hydrogen-bond donors (Lipinski definition) is 5. The number of carbonyl (C=O) groups excluding carboxylic acids is 3. The molecule has 2 aromatic carbocycles. The topological polar surface area (TPSA) is 158 Å². The van der Waals surface area contributed by atoms with Crippen LogP contribution in [-0.4, -0.2) is 76.6 Å². The molecule has 3 amide bonds. The highest BCUT2D eigenvalue weighted by Crippen LogP contribution is 2.28. The molecule has 2 rings (SSSR count). The van der Waals surface area contributed by atoms with Crippen LogP contribution < -0.4 is 15.4 Å². The molecular weight excluding hydrogens is 482 g/mol. The summed E-state index contributed by atoms with van der Waals surface area (Å²) in [4.78, 5) is 40.4. The second-order valence-electron chi connectivity index (χ2n) is 9.30. The number of benzene rings is 2. The molecule has 2 aromatic rings. The Morgan fingerprint density at radius 3 is 2.22 bits per heavy atom. The van der Waals surface area contributed by atoms with Gasteiger partial charge in [-0.3, -0.25) is 9.59 Å². The number of hydrogen-bond acceptors (Lipinski definition) is 8. The summed E-state index contributed by atoms with van der Waals surface area (Å²) in [6, 6.07) is 8.22. The zero-order chi connectivity index (χ0) is 27.8. The molecular formula is C26H35N3O8. The second-order valence-corrected chi connectivity index (χ2v) is 9.30. The van der Waals surface area contributed by atoms with Gasteiger partial charge < -0.3 is 40.3 Å². The molecule has 5 N–H and O–H groups in total. The van der Waals surface area contributed by atoms with Gasteiger partial charge >= 0.3 is 6.09 Å². The number of phenols is 1. The normalized spacial score (nSPS) is 12.7. The number of rotatable bonds is 10. The van der Waals surface area contributed by atoms with Gasteiger partial charge in [0, 0.05) is 12.2 Å². The monoisotopic (exact) mass is 517 g/mol. The number of alkyl carbamates (subject to hydrolysis) is 1. The highest BCUT2D eigenvalue weighted by atomic mass is 16.6. The number of phenolic OH excluding ortho intramolecular Hbond substituents is 1. The van der Waals surface area contributed by atoms with Gasteiger partial charge in [0.2, 0.25) is 5.91 Å². The van der Waals surface area contributed by atoms with Crippen molar-refractivity contribution >= 4 is 23.6 Å². The first-order valence-electron chi connectivity index (χ1n) is 11.7. The predicted molar refractivity (Wildman–Crippen MR) is 136 cm³/mol. The van der Waals surface area contributed by atoms with E-state index < -0.39 is 48.8 Å². The van der Waals surface area contributed by atoms with E-state index in [0.29, 0.717) is 22.6 Å². The number of aliphatic hydroxyl groups excluding tert-OH is 2. The third-order valence-electron chi connectivity index (χ3n) is 5.25. The molecule has 0 fully saturated rings. The molecule has 0 spiro atoms. The summed E-state index contributed by atoms with van der Waals surface area (Å²) in [7, 11) is 1.51. The quantitative estimate of drug-likeness (QED) is 0.321. The van der Waals surface area contributed by atoms with Crippen LogP contribution in [0.1, 0.15) is 37.9 Å². The van der Waals surface area contributed by atoms with Crippen LogP contribution in [-0.2, 0) is 14.3 Å². The molecule has 2 atom stereocenters. The van der Waals surface area contributed by atoms with E-state index in [1.54, 1.807) is 58.0 Å². The Morgan fingerprint density at radius 2 is 1.70 bits per heavy atom. The lowest BCUT2D eigenvalue weighted by atomic mass is 10.00. The van der Waals surface area contributed by atoms with E-state index in [1.807, 2.05) is 0 Å². The summed E-state index contributed by atoms with van der Waals surface area (Å²) in [6.07, 6.45) is -0.927. The van der Waals surface area contributed by atoms with Crippen molar-refractivity contribution < 1.29 is 39.2 Å². The molecule has 0 radical (unpaired) electrons. The SMILES string of the molecule is COc1ccc(NC(=O)C(c2ccc(O)c(C)c2)N(CCO)C(=O)C(CO)NC(=O)OC(C)(C)C)cc1. The van der Waals surface area contributed by atoms with Crippen molar-refractivity contribution in [1.82, 2.24) is 10.2 Å². The molecule has 0 aliphatic carbocycles. The molecule has 0 aliphatic heterocycles. The molecule has 11 nitrogen and oxygen atoms in total. The van der Waals surface area contributed by atoms with E-state index in [0.717, 1.165) is 4.90 Å². The fourth-order valence-electron chi connectivity index (χ4n) is 3.52. The maximum Gasteiger partial charge on any atom is 0.408 e. The third kappa shape index (κ3) is 8.36. The fourth-order valence-corrected chi connectivity index (χ4v) is 3.52. The number of nitrogens with zero attached hydrogens (tertiary/aromatic N) is 1. The first-order chi connectivity index (χ1) is 17.4. The van der Waals surface area contributed by atoms with Crippen molar-refractivity contribution in [3.63, 3.8) is 0 Å². The van der Waals surface area contributed by atoms with E-state index in [-0.39, 0.29) is 12.3 Å². The van der Waals surface area contributed by atoms with Crippen LogP contribution in [0.3, 0.4) is 0 Å². The van der Waals surface area contributed by atoms with Crippen LogP contribution >= 0.6 is 0 Å². The molecule has 11 heteroatoms. The average molecular weight is 518 g/mol. The number of methoxy groups -OCH3 is 1. The standard InChI is InChI=1S/C26H35N3O8/c1-16-14-17(6-11-21(16)32)22(23(33)27-18-7-9-19(36-5)10-8-18)29(12-13-30)24(34)20(15-31)28-25(35)37-26(2,3)4/h6-11,14,20,22,30-32H,12-13,15H2,1-5H3,(H,27,33)(H,28,35). The van der Waals surface area contributed by atoms with Crippen molar-refractivity contribution in [2.24, 2.45) is 0 Å². The van der Waals surface area contributed by atoms with Crippen molar-refractivity contribution in [3.8, 4) is 11.5 Å². The first-order valence-corrected chi connectivity index (χ1v) is 11.7. The van der Waals surface area contributed by atoms with E-state index in [2.05, 4.69) is 10.6 Å². The molecule has 0 saturated carbocycles. The van der Waals surface area contributed by atoms with Gasteiger partial charge in [-0.2, -0.15) is 0 Å². The van der Waals surface area contributed by atoms with E-state index in [4.69, 9.17) is 9.47 Å². The summed E-state index contributed by atoms with van der Waals surface area (Å²) in [5, 5.41) is 34.7. The number of aliphatic hydroxyl groups is 2. The average Bonchev–Trinajstić information content (AvgIpc) is 2.83. The molecule has 37 heavy (non-hydrogen) atoms. The summed E-state index contributed by atoms with van der Waals surface area (Å²) in [5.41, 5.74) is 0.384. The first kappa shape index (κ1) is 29.4. The van der Waals surface area contributed by atoms with Gasteiger partial charge in [0.25, 0.3) is 5.91 Å². The minimum absolute atomic E-state index is 0.00192. The third-order valence-corrected chi connectivity index (χ3v) is 5.25. The maximum absolute atomic E-state index is 13.6. The zero-order valence-corrected chi connectivity index (χ0v) is 21.6. The minimum atomic E-state index is -1.45. The molecule has 0 heterocycles. The number of anilines is 1. The van der Waals surface area contributed by atoms with Crippen LogP contribution in [0.4, 0.5) is 10.5 Å². The Kier molecular flexibility index (Phi) is 10.3.